The molecule has 0 bridgehead atoms. The van der Waals surface area contributed by atoms with Gasteiger partial charge in [0.05, 0.1) is 0 Å². The van der Waals surface area contributed by atoms with Crippen molar-refractivity contribution in [3.63, 3.8) is 0 Å². The zero-order chi connectivity index (χ0) is 14.0. The minimum Gasteiger partial charge on any atom is -0.431 e. The standard InChI is InChI=1S/C11H5BrF3NO2S/c12-8-2-1-7(3-6(8)4-17)18-10-16-9(5-19-10)11(13,14)15/h1-5H. The largest absolute Gasteiger partial charge is 0.434 e. The molecule has 0 atom stereocenters. The number of alkyl halides is 3. The highest BCUT2D eigenvalue weighted by Gasteiger charge is 2.34. The van der Waals surface area contributed by atoms with E-state index in [0.29, 0.717) is 16.3 Å². The summed E-state index contributed by atoms with van der Waals surface area (Å²) < 4.78 is 42.8. The summed E-state index contributed by atoms with van der Waals surface area (Å²) >= 11 is 3.89. The molecule has 0 saturated carbocycles. The third-order valence-corrected chi connectivity index (χ3v) is 3.51. The zero-order valence-electron chi connectivity index (χ0n) is 9.07. The van der Waals surface area contributed by atoms with Gasteiger partial charge < -0.3 is 4.74 Å². The van der Waals surface area contributed by atoms with Crippen LogP contribution in [0.25, 0.3) is 0 Å². The summed E-state index contributed by atoms with van der Waals surface area (Å²) in [6.07, 6.45) is -3.88. The van der Waals surface area contributed by atoms with Crippen LogP contribution in [0.3, 0.4) is 0 Å². The lowest BCUT2D eigenvalue weighted by molar-refractivity contribution is -0.140. The van der Waals surface area contributed by atoms with Crippen LogP contribution in [-0.4, -0.2) is 11.3 Å². The number of carbonyl (C=O) groups excluding carboxylic acids is 1. The predicted octanol–water partition coefficient (Wildman–Crippen LogP) is 4.53. The average Bonchev–Trinajstić information content (AvgIpc) is 2.80. The minimum atomic E-state index is -4.49. The number of halogens is 4. The van der Waals surface area contributed by atoms with Crippen LogP contribution in [0.4, 0.5) is 13.2 Å². The quantitative estimate of drug-likeness (QED) is 0.762. The van der Waals surface area contributed by atoms with Crippen molar-refractivity contribution < 1.29 is 22.7 Å². The first-order valence-electron chi connectivity index (χ1n) is 4.85. The van der Waals surface area contributed by atoms with E-state index in [2.05, 4.69) is 20.9 Å². The maximum Gasteiger partial charge on any atom is 0.434 e. The first-order chi connectivity index (χ1) is 8.90. The number of hydrogen-bond donors (Lipinski definition) is 0. The van der Waals surface area contributed by atoms with Gasteiger partial charge in [-0.25, -0.2) is 0 Å². The van der Waals surface area contributed by atoms with Crippen molar-refractivity contribution in [2.75, 3.05) is 0 Å². The average molecular weight is 352 g/mol. The number of aldehydes is 1. The van der Waals surface area contributed by atoms with Crippen molar-refractivity contribution in [3.05, 3.63) is 39.3 Å². The highest BCUT2D eigenvalue weighted by molar-refractivity contribution is 9.10. The summed E-state index contributed by atoms with van der Waals surface area (Å²) in [4.78, 5) is 14.0. The monoisotopic (exact) mass is 351 g/mol. The van der Waals surface area contributed by atoms with Gasteiger partial charge in [0.2, 0.25) is 0 Å². The molecular weight excluding hydrogens is 347 g/mol. The van der Waals surface area contributed by atoms with E-state index >= 15 is 0 Å². The van der Waals surface area contributed by atoms with E-state index in [1.807, 2.05) is 0 Å². The smallest absolute Gasteiger partial charge is 0.431 e. The van der Waals surface area contributed by atoms with E-state index in [9.17, 15) is 18.0 Å². The van der Waals surface area contributed by atoms with E-state index in [1.165, 1.54) is 12.1 Å². The van der Waals surface area contributed by atoms with Gasteiger partial charge in [0.15, 0.2) is 12.0 Å². The third-order valence-electron chi connectivity index (χ3n) is 2.07. The fourth-order valence-corrected chi connectivity index (χ4v) is 2.25. The Hall–Kier alpha value is -1.41. The number of rotatable bonds is 3. The van der Waals surface area contributed by atoms with E-state index in [0.717, 1.165) is 16.7 Å². The van der Waals surface area contributed by atoms with Crippen molar-refractivity contribution in [2.24, 2.45) is 0 Å². The molecule has 19 heavy (non-hydrogen) atoms. The molecule has 100 valence electrons. The second-order valence-corrected chi connectivity index (χ2v) is 5.07. The molecule has 3 nitrogen and oxygen atoms in total. The summed E-state index contributed by atoms with van der Waals surface area (Å²) in [7, 11) is 0. The van der Waals surface area contributed by atoms with Crippen LogP contribution in [0.15, 0.2) is 28.1 Å². The van der Waals surface area contributed by atoms with Crippen LogP contribution in [0.5, 0.6) is 10.9 Å². The summed E-state index contributed by atoms with van der Waals surface area (Å²) in [6.45, 7) is 0. The van der Waals surface area contributed by atoms with Gasteiger partial charge in [-0.3, -0.25) is 4.79 Å². The van der Waals surface area contributed by atoms with E-state index < -0.39 is 11.9 Å². The molecule has 0 N–H and O–H groups in total. The highest BCUT2D eigenvalue weighted by Crippen LogP contribution is 2.34. The Labute approximate surface area is 118 Å². The van der Waals surface area contributed by atoms with Gasteiger partial charge in [-0.15, -0.1) is 0 Å². The maximum atomic E-state index is 12.3. The molecule has 0 spiro atoms. The Balaban J connectivity index is 2.22. The van der Waals surface area contributed by atoms with Gasteiger partial charge in [-0.1, -0.05) is 27.3 Å². The number of benzene rings is 1. The summed E-state index contributed by atoms with van der Waals surface area (Å²) in [5, 5.41) is 0.737. The van der Waals surface area contributed by atoms with Crippen molar-refractivity contribution in [1.82, 2.24) is 4.98 Å². The zero-order valence-corrected chi connectivity index (χ0v) is 11.5. The van der Waals surface area contributed by atoms with Gasteiger partial charge in [-0.05, 0) is 18.2 Å². The number of thiazole rings is 1. The van der Waals surface area contributed by atoms with E-state index in [4.69, 9.17) is 4.74 Å². The molecule has 0 aliphatic carbocycles. The van der Waals surface area contributed by atoms with Crippen LogP contribution in [0.1, 0.15) is 16.1 Å². The number of nitrogens with zero attached hydrogens (tertiary/aromatic N) is 1. The van der Waals surface area contributed by atoms with Gasteiger partial charge in [0.25, 0.3) is 5.19 Å². The van der Waals surface area contributed by atoms with Crippen LogP contribution < -0.4 is 4.74 Å². The second kappa shape index (κ2) is 5.30. The van der Waals surface area contributed by atoms with Gasteiger partial charge in [0, 0.05) is 15.4 Å². The Morgan fingerprint density at radius 3 is 2.68 bits per heavy atom. The van der Waals surface area contributed by atoms with Crippen molar-refractivity contribution in [3.8, 4) is 10.9 Å². The molecule has 8 heteroatoms. The Bertz CT molecular complexity index is 612. The summed E-state index contributed by atoms with van der Waals surface area (Å²) in [5.41, 5.74) is -0.662. The molecule has 1 heterocycles. The molecule has 2 aromatic rings. The molecule has 2 rings (SSSR count). The van der Waals surface area contributed by atoms with Crippen molar-refractivity contribution >= 4 is 33.6 Å². The van der Waals surface area contributed by atoms with Gasteiger partial charge in [0.1, 0.15) is 5.75 Å². The third kappa shape index (κ3) is 3.32. The molecule has 0 radical (unpaired) electrons. The fraction of sp³-hybridized carbons (Fsp3) is 0.0909. The van der Waals surface area contributed by atoms with Crippen molar-refractivity contribution in [1.29, 1.82) is 0 Å². The topological polar surface area (TPSA) is 39.2 Å². The first-order valence-corrected chi connectivity index (χ1v) is 6.52. The van der Waals surface area contributed by atoms with Gasteiger partial charge >= 0.3 is 6.18 Å². The molecule has 0 unspecified atom stereocenters. The van der Waals surface area contributed by atoms with E-state index in [-0.39, 0.29) is 10.9 Å². The lowest BCUT2D eigenvalue weighted by Crippen LogP contribution is -2.04. The SMILES string of the molecule is O=Cc1cc(Oc2nc(C(F)(F)F)cs2)ccc1Br. The molecule has 0 aliphatic heterocycles. The minimum absolute atomic E-state index is 0.133. The molecule has 0 amide bonds. The van der Waals surface area contributed by atoms with Crippen LogP contribution in [0.2, 0.25) is 0 Å². The summed E-state index contributed by atoms with van der Waals surface area (Å²) in [6, 6.07) is 4.49. The highest BCUT2D eigenvalue weighted by atomic mass is 79.9. The Morgan fingerprint density at radius 2 is 2.11 bits per heavy atom. The van der Waals surface area contributed by atoms with E-state index in [1.54, 1.807) is 6.07 Å². The summed E-state index contributed by atoms with van der Waals surface area (Å²) in [5.74, 6) is 0.244. The first kappa shape index (κ1) is 14.0. The number of aromatic nitrogens is 1. The Morgan fingerprint density at radius 1 is 1.37 bits per heavy atom. The molecule has 0 saturated heterocycles. The number of ether oxygens (including phenoxy) is 1. The lowest BCUT2D eigenvalue weighted by atomic mass is 10.2. The van der Waals surface area contributed by atoms with Crippen molar-refractivity contribution in [2.45, 2.75) is 6.18 Å². The molecule has 1 aromatic heterocycles. The van der Waals surface area contributed by atoms with Crippen LogP contribution in [-0.2, 0) is 6.18 Å². The van der Waals surface area contributed by atoms with Gasteiger partial charge in [-0.2, -0.15) is 18.2 Å². The Kier molecular flexibility index (Phi) is 3.91. The van der Waals surface area contributed by atoms with Crippen LogP contribution in [0, 0.1) is 0 Å². The maximum absolute atomic E-state index is 12.3. The fourth-order valence-electron chi connectivity index (χ4n) is 1.21. The second-order valence-electron chi connectivity index (χ2n) is 3.40. The van der Waals surface area contributed by atoms with Crippen LogP contribution >= 0.6 is 27.3 Å². The molecular formula is C11H5BrF3NO2S. The predicted molar refractivity (Wildman–Crippen MR) is 66.7 cm³/mol. The lowest BCUT2D eigenvalue weighted by Gasteiger charge is -2.04. The molecule has 0 fully saturated rings. The molecule has 1 aromatic carbocycles. The number of carbonyl (C=O) groups is 1. The normalized spacial score (nSPS) is 11.4. The number of hydrogen-bond acceptors (Lipinski definition) is 4. The molecule has 0 aliphatic rings.